The second-order valence-corrected chi connectivity index (χ2v) is 10.0. The molecule has 1 aromatic heterocycles. The van der Waals surface area contributed by atoms with E-state index in [1.165, 1.54) is 36.4 Å². The van der Waals surface area contributed by atoms with Gasteiger partial charge in [-0.2, -0.15) is 0 Å². The molecular formula is C26H35N3O8S. The van der Waals surface area contributed by atoms with E-state index in [0.29, 0.717) is 26.2 Å². The average Bonchev–Trinajstić information content (AvgIpc) is 2.89. The minimum Gasteiger partial charge on any atom is -0.431 e. The number of carbonyl (C=O) groups excluding carboxylic acids is 3. The first-order valence-corrected chi connectivity index (χ1v) is 14.1. The maximum absolute atomic E-state index is 12.6. The van der Waals surface area contributed by atoms with Crippen molar-refractivity contribution in [2.45, 2.75) is 63.9 Å². The van der Waals surface area contributed by atoms with E-state index in [1.54, 1.807) is 0 Å². The fourth-order valence-corrected chi connectivity index (χ4v) is 4.35. The number of carbonyl (C=O) groups is 3. The second-order valence-electron chi connectivity index (χ2n) is 8.32. The monoisotopic (exact) mass is 549 g/mol. The van der Waals surface area contributed by atoms with Gasteiger partial charge in [-0.1, -0.05) is 26.7 Å². The predicted molar refractivity (Wildman–Crippen MR) is 139 cm³/mol. The molecule has 0 atom stereocenters. The average molecular weight is 550 g/mol. The summed E-state index contributed by atoms with van der Waals surface area (Å²) < 4.78 is 42.8. The van der Waals surface area contributed by atoms with Gasteiger partial charge in [0.05, 0.1) is 10.5 Å². The summed E-state index contributed by atoms with van der Waals surface area (Å²) in [6.07, 6.45) is 3.75. The molecule has 2 amide bonds. The number of benzene rings is 1. The topological polar surface area (TPSA) is 150 Å². The normalized spacial score (nSPS) is 11.2. The molecular weight excluding hydrogens is 514 g/mol. The third-order valence-electron chi connectivity index (χ3n) is 5.28. The first kappa shape index (κ1) is 30.7. The maximum Gasteiger partial charge on any atom is 0.515 e. The molecule has 0 saturated heterocycles. The van der Waals surface area contributed by atoms with Gasteiger partial charge in [-0.3, -0.25) is 9.59 Å². The van der Waals surface area contributed by atoms with E-state index >= 15 is 0 Å². The Morgan fingerprint density at radius 2 is 1.58 bits per heavy atom. The van der Waals surface area contributed by atoms with E-state index in [9.17, 15) is 22.8 Å². The Bertz CT molecular complexity index is 1150. The first-order valence-electron chi connectivity index (χ1n) is 12.6. The number of ether oxygens (including phenoxy) is 3. The minimum absolute atomic E-state index is 0.0628. The third-order valence-corrected chi connectivity index (χ3v) is 6.63. The molecule has 12 heteroatoms. The number of sulfonamides is 1. The molecule has 0 fully saturated rings. The van der Waals surface area contributed by atoms with Crippen LogP contribution < -0.4 is 14.8 Å². The van der Waals surface area contributed by atoms with Gasteiger partial charge in [0.25, 0.3) is 21.8 Å². The number of pyridine rings is 1. The lowest BCUT2D eigenvalue weighted by molar-refractivity contribution is 0.0490. The summed E-state index contributed by atoms with van der Waals surface area (Å²) in [6.45, 7) is 7.42. The molecule has 208 valence electrons. The summed E-state index contributed by atoms with van der Waals surface area (Å²) in [7, 11) is -4.21. The Morgan fingerprint density at radius 3 is 2.16 bits per heavy atom. The number of aromatic nitrogens is 1. The van der Waals surface area contributed by atoms with Gasteiger partial charge >= 0.3 is 6.16 Å². The van der Waals surface area contributed by atoms with Crippen molar-refractivity contribution < 1.29 is 37.0 Å². The van der Waals surface area contributed by atoms with Crippen molar-refractivity contribution in [2.24, 2.45) is 0 Å². The molecule has 0 aliphatic rings. The number of amides is 2. The molecule has 0 unspecified atom stereocenters. The summed E-state index contributed by atoms with van der Waals surface area (Å²) >= 11 is 0. The Kier molecular flexibility index (Phi) is 12.7. The molecule has 0 bridgehead atoms. The van der Waals surface area contributed by atoms with E-state index in [-0.39, 0.29) is 33.9 Å². The van der Waals surface area contributed by atoms with Gasteiger partial charge in [0, 0.05) is 37.6 Å². The molecule has 0 aliphatic carbocycles. The zero-order valence-corrected chi connectivity index (χ0v) is 22.7. The fourth-order valence-electron chi connectivity index (χ4n) is 3.37. The van der Waals surface area contributed by atoms with Gasteiger partial charge in [-0.05, 0) is 56.5 Å². The summed E-state index contributed by atoms with van der Waals surface area (Å²) in [6, 6.07) is 7.71. The zero-order valence-electron chi connectivity index (χ0n) is 21.9. The summed E-state index contributed by atoms with van der Waals surface area (Å²) in [4.78, 5) is 40.4. The molecule has 2 rings (SSSR count). The number of rotatable bonds is 15. The Morgan fingerprint density at radius 1 is 0.921 bits per heavy atom. The second kappa shape index (κ2) is 15.7. The largest absolute Gasteiger partial charge is 0.515 e. The maximum atomic E-state index is 12.6. The van der Waals surface area contributed by atoms with Crippen LogP contribution in [0.25, 0.3) is 0 Å². The highest BCUT2D eigenvalue weighted by molar-refractivity contribution is 7.90. The molecule has 0 aliphatic heterocycles. The van der Waals surface area contributed by atoms with Crippen LogP contribution in [0.15, 0.2) is 47.5 Å². The van der Waals surface area contributed by atoms with Crippen LogP contribution in [-0.4, -0.2) is 57.2 Å². The lowest BCUT2D eigenvalue weighted by Gasteiger charge is -2.15. The quantitative estimate of drug-likeness (QED) is 0.249. The Balaban J connectivity index is 1.93. The standard InChI is InChI=1S/C26H35N3O8S/c1-4-8-21(9-5-2)36-26(32)37-23-15-12-20(18-28-23)25(31)29-38(33,34)22-13-10-19(11-14-22)24(30)27-16-7-17-35-6-3/h10-15,18,21H,4-9,16-17H2,1-3H3,(H,27,30)(H,29,31). The lowest BCUT2D eigenvalue weighted by atomic mass is 10.1. The summed E-state index contributed by atoms with van der Waals surface area (Å²) in [5.74, 6) is -1.36. The molecule has 38 heavy (non-hydrogen) atoms. The Labute approximate surface area is 223 Å². The molecule has 0 saturated carbocycles. The van der Waals surface area contributed by atoms with Crippen molar-refractivity contribution in [3.63, 3.8) is 0 Å². The van der Waals surface area contributed by atoms with Crippen LogP contribution in [0, 0.1) is 0 Å². The highest BCUT2D eigenvalue weighted by atomic mass is 32.2. The number of hydrogen-bond acceptors (Lipinski definition) is 9. The van der Waals surface area contributed by atoms with Crippen molar-refractivity contribution in [2.75, 3.05) is 19.8 Å². The van der Waals surface area contributed by atoms with Crippen LogP contribution >= 0.6 is 0 Å². The van der Waals surface area contributed by atoms with Gasteiger partial charge in [0.1, 0.15) is 6.10 Å². The molecule has 2 aromatic rings. The van der Waals surface area contributed by atoms with Gasteiger partial charge in [-0.15, -0.1) is 0 Å². The fraction of sp³-hybridized carbons (Fsp3) is 0.462. The summed E-state index contributed by atoms with van der Waals surface area (Å²) in [5, 5.41) is 2.72. The third kappa shape index (κ3) is 10.1. The summed E-state index contributed by atoms with van der Waals surface area (Å²) in [5.41, 5.74) is 0.216. The van der Waals surface area contributed by atoms with Gasteiger partial charge < -0.3 is 19.5 Å². The highest BCUT2D eigenvalue weighted by Crippen LogP contribution is 2.15. The first-order chi connectivity index (χ1) is 18.2. The van der Waals surface area contributed by atoms with Crippen molar-refractivity contribution in [3.05, 3.63) is 53.7 Å². The zero-order chi connectivity index (χ0) is 28.0. The van der Waals surface area contributed by atoms with Crippen LogP contribution in [-0.2, 0) is 19.5 Å². The van der Waals surface area contributed by atoms with Crippen molar-refractivity contribution in [1.82, 2.24) is 15.0 Å². The number of nitrogens with zero attached hydrogens (tertiary/aromatic N) is 1. The molecule has 1 aromatic carbocycles. The van der Waals surface area contributed by atoms with Gasteiger partial charge in [0.2, 0.25) is 5.88 Å². The Hall–Kier alpha value is -3.51. The lowest BCUT2D eigenvalue weighted by Crippen LogP contribution is -2.31. The predicted octanol–water partition coefficient (Wildman–Crippen LogP) is 3.84. The van der Waals surface area contributed by atoms with Gasteiger partial charge in [-0.25, -0.2) is 22.9 Å². The molecule has 0 radical (unpaired) electrons. The molecule has 11 nitrogen and oxygen atoms in total. The van der Waals surface area contributed by atoms with Crippen LogP contribution in [0.1, 0.15) is 73.6 Å². The van der Waals surface area contributed by atoms with Crippen molar-refractivity contribution in [1.29, 1.82) is 0 Å². The van der Waals surface area contributed by atoms with Crippen LogP contribution in [0.4, 0.5) is 4.79 Å². The van der Waals surface area contributed by atoms with E-state index in [0.717, 1.165) is 31.9 Å². The van der Waals surface area contributed by atoms with Crippen LogP contribution in [0.5, 0.6) is 5.88 Å². The minimum atomic E-state index is -4.21. The van der Waals surface area contributed by atoms with Crippen LogP contribution in [0.2, 0.25) is 0 Å². The molecule has 1 heterocycles. The van der Waals surface area contributed by atoms with E-state index < -0.39 is 22.1 Å². The van der Waals surface area contributed by atoms with Crippen molar-refractivity contribution in [3.8, 4) is 5.88 Å². The molecule has 2 N–H and O–H groups in total. The van der Waals surface area contributed by atoms with E-state index in [1.807, 2.05) is 25.5 Å². The van der Waals surface area contributed by atoms with E-state index in [2.05, 4.69) is 10.3 Å². The van der Waals surface area contributed by atoms with Crippen molar-refractivity contribution >= 4 is 28.0 Å². The van der Waals surface area contributed by atoms with Crippen LogP contribution in [0.3, 0.4) is 0 Å². The highest BCUT2D eigenvalue weighted by Gasteiger charge is 2.20. The van der Waals surface area contributed by atoms with E-state index in [4.69, 9.17) is 14.2 Å². The smallest absolute Gasteiger partial charge is 0.431 e. The number of hydrogen-bond donors (Lipinski definition) is 2. The van der Waals surface area contributed by atoms with Gasteiger partial charge in [0.15, 0.2) is 0 Å². The molecule has 0 spiro atoms. The number of nitrogens with one attached hydrogen (secondary N) is 2. The SMILES string of the molecule is CCCC(CCC)OC(=O)Oc1ccc(C(=O)NS(=O)(=O)c2ccc(C(=O)NCCCOCC)cc2)cn1.